The van der Waals surface area contributed by atoms with Gasteiger partial charge in [-0.05, 0) is 20.8 Å². The highest BCUT2D eigenvalue weighted by molar-refractivity contribution is 5.89. The number of rotatable bonds is 4. The lowest BCUT2D eigenvalue weighted by Gasteiger charge is -2.25. The van der Waals surface area contributed by atoms with Crippen molar-refractivity contribution in [2.24, 2.45) is 0 Å². The molecule has 1 saturated heterocycles. The predicted molar refractivity (Wildman–Crippen MR) is 61.0 cm³/mol. The number of hydrogen-bond donors (Lipinski definition) is 0. The van der Waals surface area contributed by atoms with Gasteiger partial charge in [-0.1, -0.05) is 0 Å². The lowest BCUT2D eigenvalue weighted by atomic mass is 10.2. The smallest absolute Gasteiger partial charge is 0.420 e. The van der Waals surface area contributed by atoms with E-state index in [-0.39, 0.29) is 20.0 Å². The van der Waals surface area contributed by atoms with E-state index in [2.05, 4.69) is 0 Å². The molecule has 1 rings (SSSR count). The molecule has 0 aromatic rings. The first kappa shape index (κ1) is 14.7. The minimum absolute atomic E-state index is 0.0901. The fourth-order valence-electron chi connectivity index (χ4n) is 1.39. The summed E-state index contributed by atoms with van der Waals surface area (Å²) < 4.78 is 19.8. The van der Waals surface area contributed by atoms with Gasteiger partial charge in [0.25, 0.3) is 0 Å². The average molecular weight is 261 g/mol. The summed E-state index contributed by atoms with van der Waals surface area (Å²) in [7, 11) is 1.49. The fraction of sp³-hybridized carbons (Fsp3) is 0.818. The van der Waals surface area contributed by atoms with Crippen LogP contribution in [0.15, 0.2) is 0 Å². The van der Waals surface area contributed by atoms with Gasteiger partial charge in [0.15, 0.2) is 0 Å². The summed E-state index contributed by atoms with van der Waals surface area (Å²) >= 11 is 0. The molecule has 0 aliphatic carbocycles. The van der Waals surface area contributed by atoms with Gasteiger partial charge >= 0.3 is 12.2 Å². The van der Waals surface area contributed by atoms with Gasteiger partial charge in [-0.3, -0.25) is 0 Å². The highest BCUT2D eigenvalue weighted by atomic mass is 16.7. The Bertz CT molecular complexity index is 311. The molecule has 1 heterocycles. The second kappa shape index (κ2) is 6.01. The first-order chi connectivity index (χ1) is 8.35. The molecule has 0 spiro atoms. The van der Waals surface area contributed by atoms with Crippen LogP contribution in [0.3, 0.4) is 0 Å². The molecule has 0 N–H and O–H groups in total. The van der Waals surface area contributed by atoms with E-state index in [4.69, 9.17) is 18.9 Å². The van der Waals surface area contributed by atoms with Gasteiger partial charge in [-0.25, -0.2) is 14.5 Å². The molecule has 2 amide bonds. The van der Waals surface area contributed by atoms with Crippen molar-refractivity contribution < 1.29 is 28.5 Å². The van der Waals surface area contributed by atoms with Crippen molar-refractivity contribution in [2.45, 2.75) is 32.4 Å². The van der Waals surface area contributed by atoms with E-state index >= 15 is 0 Å². The standard InChI is InChI=1S/C11H19NO6/c1-11(2,3)18-10(14)12-8(5-16-7-15-4)6-17-9(12)13/h8H,5-7H2,1-4H3/t8-/m0/s1. The molecule has 1 fully saturated rings. The second-order valence-corrected chi connectivity index (χ2v) is 4.86. The Balaban J connectivity index is 2.58. The van der Waals surface area contributed by atoms with E-state index in [1.54, 1.807) is 20.8 Å². The zero-order valence-electron chi connectivity index (χ0n) is 11.1. The Morgan fingerprint density at radius 2 is 2.17 bits per heavy atom. The van der Waals surface area contributed by atoms with Gasteiger partial charge in [0.05, 0.1) is 6.61 Å². The van der Waals surface area contributed by atoms with Crippen LogP contribution in [0.4, 0.5) is 9.59 Å². The molecule has 1 aliphatic heterocycles. The third-order valence-electron chi connectivity index (χ3n) is 2.06. The monoisotopic (exact) mass is 261 g/mol. The summed E-state index contributed by atoms with van der Waals surface area (Å²) in [5.41, 5.74) is -0.669. The van der Waals surface area contributed by atoms with E-state index in [9.17, 15) is 9.59 Å². The van der Waals surface area contributed by atoms with Crippen molar-refractivity contribution in [1.82, 2.24) is 4.90 Å². The quantitative estimate of drug-likeness (QED) is 0.562. The molecular formula is C11H19NO6. The zero-order valence-corrected chi connectivity index (χ0v) is 11.1. The Kier molecular flexibility index (Phi) is 4.92. The molecule has 1 atom stereocenters. The molecule has 7 heteroatoms. The molecule has 0 unspecified atom stereocenters. The van der Waals surface area contributed by atoms with E-state index < -0.39 is 23.8 Å². The van der Waals surface area contributed by atoms with Crippen molar-refractivity contribution in [3.63, 3.8) is 0 Å². The van der Waals surface area contributed by atoms with Gasteiger partial charge in [-0.2, -0.15) is 0 Å². The number of imide groups is 1. The zero-order chi connectivity index (χ0) is 13.8. The Labute approximate surface area is 106 Å². The van der Waals surface area contributed by atoms with Crippen LogP contribution >= 0.6 is 0 Å². The molecule has 0 saturated carbocycles. The van der Waals surface area contributed by atoms with Gasteiger partial charge in [0.1, 0.15) is 25.0 Å². The summed E-state index contributed by atoms with van der Waals surface area (Å²) in [4.78, 5) is 24.2. The molecule has 0 bridgehead atoms. The van der Waals surface area contributed by atoms with Crippen LogP contribution in [0, 0.1) is 0 Å². The van der Waals surface area contributed by atoms with Crippen LogP contribution in [0.5, 0.6) is 0 Å². The van der Waals surface area contributed by atoms with Crippen molar-refractivity contribution in [3.05, 3.63) is 0 Å². The van der Waals surface area contributed by atoms with Crippen molar-refractivity contribution in [1.29, 1.82) is 0 Å². The largest absolute Gasteiger partial charge is 0.447 e. The normalized spacial score (nSPS) is 19.9. The SMILES string of the molecule is COCOC[C@H]1COC(=O)N1C(=O)OC(C)(C)C. The molecule has 0 aromatic heterocycles. The maximum Gasteiger partial charge on any atom is 0.420 e. The van der Waals surface area contributed by atoms with Crippen LogP contribution in [-0.4, -0.2) is 55.8 Å². The highest BCUT2D eigenvalue weighted by Gasteiger charge is 2.40. The van der Waals surface area contributed by atoms with Crippen LogP contribution in [0.25, 0.3) is 0 Å². The van der Waals surface area contributed by atoms with Crippen LogP contribution in [0.1, 0.15) is 20.8 Å². The van der Waals surface area contributed by atoms with E-state index in [1.807, 2.05) is 0 Å². The molecule has 104 valence electrons. The summed E-state index contributed by atoms with van der Waals surface area (Å²) in [5, 5.41) is 0. The molecule has 0 radical (unpaired) electrons. The van der Waals surface area contributed by atoms with Crippen molar-refractivity contribution in [2.75, 3.05) is 27.1 Å². The number of cyclic esters (lactones) is 1. The van der Waals surface area contributed by atoms with Crippen LogP contribution < -0.4 is 0 Å². The third-order valence-corrected chi connectivity index (χ3v) is 2.06. The number of amides is 2. The minimum Gasteiger partial charge on any atom is -0.447 e. The number of nitrogens with zero attached hydrogens (tertiary/aromatic N) is 1. The highest BCUT2D eigenvalue weighted by Crippen LogP contribution is 2.18. The number of hydrogen-bond acceptors (Lipinski definition) is 6. The minimum atomic E-state index is -0.726. The van der Waals surface area contributed by atoms with E-state index in [1.165, 1.54) is 7.11 Å². The van der Waals surface area contributed by atoms with Gasteiger partial charge in [-0.15, -0.1) is 0 Å². The molecule has 18 heavy (non-hydrogen) atoms. The molecule has 7 nitrogen and oxygen atoms in total. The molecule has 0 aromatic carbocycles. The maximum absolute atomic E-state index is 11.8. The lowest BCUT2D eigenvalue weighted by molar-refractivity contribution is -0.0465. The summed E-state index contributed by atoms with van der Waals surface area (Å²) in [6, 6.07) is -0.484. The number of carbonyl (C=O) groups excluding carboxylic acids is 2. The maximum atomic E-state index is 11.8. The first-order valence-electron chi connectivity index (χ1n) is 5.61. The molecule has 1 aliphatic rings. The number of methoxy groups -OCH3 is 1. The Morgan fingerprint density at radius 1 is 1.50 bits per heavy atom. The van der Waals surface area contributed by atoms with Crippen LogP contribution in [0.2, 0.25) is 0 Å². The van der Waals surface area contributed by atoms with E-state index in [0.717, 1.165) is 4.90 Å². The van der Waals surface area contributed by atoms with E-state index in [0.29, 0.717) is 0 Å². The Morgan fingerprint density at radius 3 is 2.72 bits per heavy atom. The predicted octanol–water partition coefficient (Wildman–Crippen LogP) is 1.36. The Hall–Kier alpha value is -1.34. The van der Waals surface area contributed by atoms with Crippen molar-refractivity contribution >= 4 is 12.2 Å². The summed E-state index contributed by atoms with van der Waals surface area (Å²) in [6.45, 7) is 5.52. The van der Waals surface area contributed by atoms with Gasteiger partial charge in [0.2, 0.25) is 0 Å². The van der Waals surface area contributed by atoms with Crippen LogP contribution in [-0.2, 0) is 18.9 Å². The summed E-state index contributed by atoms with van der Waals surface area (Å²) in [6.07, 6.45) is -1.44. The molecular weight excluding hydrogens is 242 g/mol. The number of carbonyl (C=O) groups is 2. The fourth-order valence-corrected chi connectivity index (χ4v) is 1.39. The second-order valence-electron chi connectivity index (χ2n) is 4.86. The average Bonchev–Trinajstić information content (AvgIpc) is 2.58. The van der Waals surface area contributed by atoms with Crippen molar-refractivity contribution in [3.8, 4) is 0 Å². The third kappa shape index (κ3) is 4.15. The topological polar surface area (TPSA) is 74.3 Å². The van der Waals surface area contributed by atoms with Gasteiger partial charge < -0.3 is 18.9 Å². The van der Waals surface area contributed by atoms with Gasteiger partial charge in [0, 0.05) is 7.11 Å². The lowest BCUT2D eigenvalue weighted by Crippen LogP contribution is -2.44. The first-order valence-corrected chi connectivity index (χ1v) is 5.61. The number of ether oxygens (including phenoxy) is 4. The summed E-state index contributed by atoms with van der Waals surface area (Å²) in [5.74, 6) is 0.